The van der Waals surface area contributed by atoms with Crippen LogP contribution in [-0.2, 0) is 9.73 Å². The van der Waals surface area contributed by atoms with Crippen molar-refractivity contribution in [1.29, 1.82) is 0 Å². The molecule has 1 fully saturated rings. The molecule has 0 atom stereocenters. The molecule has 0 saturated carbocycles. The van der Waals surface area contributed by atoms with Crippen molar-refractivity contribution < 1.29 is 9.13 Å². The quantitative estimate of drug-likeness (QED) is 0.623. The molecule has 16 heavy (non-hydrogen) atoms. The first-order chi connectivity index (χ1) is 7.50. The molecular weight excluding hydrogens is 296 g/mol. The highest BCUT2D eigenvalue weighted by Crippen LogP contribution is 2.31. The standard InChI is InChI=1S/C9H9BrN2O3S/c10-8-6-7(12(13)14)2-3-9(8)11-16(15)4-1-5-16/h2-3,6H,1,4-5H2. The Balaban J connectivity index is 2.41. The fourth-order valence-electron chi connectivity index (χ4n) is 1.35. The van der Waals surface area contributed by atoms with Gasteiger partial charge in [0.05, 0.1) is 24.8 Å². The Morgan fingerprint density at radius 2 is 2.12 bits per heavy atom. The highest BCUT2D eigenvalue weighted by Gasteiger charge is 2.20. The summed E-state index contributed by atoms with van der Waals surface area (Å²) in [6.45, 7) is 0. The van der Waals surface area contributed by atoms with Crippen molar-refractivity contribution in [1.82, 2.24) is 0 Å². The average molecular weight is 305 g/mol. The molecule has 1 aliphatic rings. The minimum absolute atomic E-state index is 0.00520. The molecule has 5 nitrogen and oxygen atoms in total. The Hall–Kier alpha value is -0.950. The molecule has 0 radical (unpaired) electrons. The number of halogens is 1. The lowest BCUT2D eigenvalue weighted by Gasteiger charge is -2.17. The molecule has 0 aliphatic carbocycles. The predicted molar refractivity (Wildman–Crippen MR) is 65.4 cm³/mol. The van der Waals surface area contributed by atoms with Crippen molar-refractivity contribution >= 4 is 37.0 Å². The molecule has 1 aliphatic heterocycles. The van der Waals surface area contributed by atoms with E-state index in [2.05, 4.69) is 20.3 Å². The minimum Gasteiger partial charge on any atom is -0.258 e. The topological polar surface area (TPSA) is 72.6 Å². The van der Waals surface area contributed by atoms with Gasteiger partial charge >= 0.3 is 0 Å². The van der Waals surface area contributed by atoms with Gasteiger partial charge in [-0.1, -0.05) is 0 Å². The molecule has 2 rings (SSSR count). The number of nitrogens with zero attached hydrogens (tertiary/aromatic N) is 2. The van der Waals surface area contributed by atoms with Gasteiger partial charge in [0.1, 0.15) is 0 Å². The van der Waals surface area contributed by atoms with E-state index in [0.717, 1.165) is 6.42 Å². The van der Waals surface area contributed by atoms with Crippen LogP contribution < -0.4 is 0 Å². The first-order valence-electron chi connectivity index (χ1n) is 4.67. The van der Waals surface area contributed by atoms with E-state index in [1.165, 1.54) is 18.2 Å². The number of hydrogen-bond donors (Lipinski definition) is 0. The van der Waals surface area contributed by atoms with Crippen molar-refractivity contribution in [2.75, 3.05) is 11.5 Å². The average Bonchev–Trinajstić information content (AvgIpc) is 2.18. The summed E-state index contributed by atoms with van der Waals surface area (Å²) in [6, 6.07) is 4.26. The van der Waals surface area contributed by atoms with E-state index in [1.54, 1.807) is 0 Å². The van der Waals surface area contributed by atoms with Crippen LogP contribution in [-0.4, -0.2) is 20.6 Å². The SMILES string of the molecule is O=[N+]([O-])c1ccc(N=S2(=O)CCC2)c(Br)c1. The Morgan fingerprint density at radius 1 is 1.44 bits per heavy atom. The van der Waals surface area contributed by atoms with Crippen LogP contribution in [0.15, 0.2) is 27.0 Å². The van der Waals surface area contributed by atoms with Gasteiger partial charge < -0.3 is 0 Å². The van der Waals surface area contributed by atoms with Gasteiger partial charge in [-0.2, -0.15) is 4.36 Å². The number of nitro groups is 1. The molecular formula is C9H9BrN2O3S. The molecule has 0 unspecified atom stereocenters. The normalized spacial score (nSPS) is 17.6. The Kier molecular flexibility index (Phi) is 2.98. The van der Waals surface area contributed by atoms with Crippen molar-refractivity contribution in [2.24, 2.45) is 4.36 Å². The molecule has 1 aromatic carbocycles. The van der Waals surface area contributed by atoms with Gasteiger partial charge in [0.25, 0.3) is 5.69 Å². The summed E-state index contributed by atoms with van der Waals surface area (Å²) in [4.78, 5) is 10.0. The molecule has 0 spiro atoms. The largest absolute Gasteiger partial charge is 0.270 e. The molecule has 0 aromatic heterocycles. The molecule has 86 valence electrons. The second-order valence-corrected chi connectivity index (χ2v) is 6.92. The van der Waals surface area contributed by atoms with E-state index in [-0.39, 0.29) is 5.69 Å². The number of hydrogen-bond acceptors (Lipinski definition) is 4. The fraction of sp³-hybridized carbons (Fsp3) is 0.333. The maximum atomic E-state index is 11.9. The summed E-state index contributed by atoms with van der Waals surface area (Å²) in [6.07, 6.45) is 0.937. The molecule has 0 amide bonds. The Labute approximate surface area is 101 Å². The van der Waals surface area contributed by atoms with E-state index in [0.29, 0.717) is 21.7 Å². The van der Waals surface area contributed by atoms with E-state index >= 15 is 0 Å². The molecule has 0 N–H and O–H groups in total. The summed E-state index contributed by atoms with van der Waals surface area (Å²) in [5.74, 6) is 1.24. The second-order valence-electron chi connectivity index (χ2n) is 3.52. The third-order valence-corrected chi connectivity index (χ3v) is 5.35. The zero-order valence-electron chi connectivity index (χ0n) is 8.26. The van der Waals surface area contributed by atoms with Crippen molar-refractivity contribution in [3.05, 3.63) is 32.8 Å². The van der Waals surface area contributed by atoms with Crippen LogP contribution >= 0.6 is 15.9 Å². The number of nitro benzene ring substituents is 1. The maximum absolute atomic E-state index is 11.9. The van der Waals surface area contributed by atoms with Crippen LogP contribution in [0.2, 0.25) is 0 Å². The monoisotopic (exact) mass is 304 g/mol. The van der Waals surface area contributed by atoms with Crippen LogP contribution in [0.3, 0.4) is 0 Å². The van der Waals surface area contributed by atoms with Gasteiger partial charge in [0, 0.05) is 23.6 Å². The summed E-state index contributed by atoms with van der Waals surface area (Å²) < 4.78 is 16.5. The number of non-ortho nitro benzene ring substituents is 1. The first kappa shape index (κ1) is 11.5. The van der Waals surface area contributed by atoms with Crippen LogP contribution in [0.4, 0.5) is 11.4 Å². The molecule has 0 bridgehead atoms. The summed E-state index contributed by atoms with van der Waals surface area (Å²) in [5, 5.41) is 10.5. The summed E-state index contributed by atoms with van der Waals surface area (Å²) >= 11 is 3.20. The van der Waals surface area contributed by atoms with Crippen molar-refractivity contribution in [2.45, 2.75) is 6.42 Å². The van der Waals surface area contributed by atoms with E-state index < -0.39 is 14.7 Å². The minimum atomic E-state index is -2.07. The Bertz CT molecular complexity index is 554. The van der Waals surface area contributed by atoms with E-state index in [1.807, 2.05) is 0 Å². The lowest BCUT2D eigenvalue weighted by atomic mass is 10.3. The van der Waals surface area contributed by atoms with Gasteiger partial charge in [0.2, 0.25) is 0 Å². The third-order valence-electron chi connectivity index (χ3n) is 2.33. The Morgan fingerprint density at radius 3 is 2.56 bits per heavy atom. The summed E-state index contributed by atoms with van der Waals surface area (Å²) in [5.41, 5.74) is 0.518. The second kappa shape index (κ2) is 4.14. The smallest absolute Gasteiger partial charge is 0.258 e. The maximum Gasteiger partial charge on any atom is 0.270 e. The lowest BCUT2D eigenvalue weighted by Crippen LogP contribution is -2.22. The molecule has 7 heteroatoms. The van der Waals surface area contributed by atoms with Gasteiger partial charge in [-0.25, -0.2) is 4.21 Å². The van der Waals surface area contributed by atoms with Crippen LogP contribution in [0, 0.1) is 10.1 Å². The number of rotatable bonds is 2. The zero-order chi connectivity index (χ0) is 11.8. The summed E-state index contributed by atoms with van der Waals surface area (Å²) in [7, 11) is -2.07. The fourth-order valence-corrected chi connectivity index (χ4v) is 3.40. The van der Waals surface area contributed by atoms with Gasteiger partial charge in [-0.3, -0.25) is 10.1 Å². The molecule has 1 saturated heterocycles. The molecule has 1 heterocycles. The highest BCUT2D eigenvalue weighted by atomic mass is 79.9. The number of benzene rings is 1. The first-order valence-corrected chi connectivity index (χ1v) is 7.31. The van der Waals surface area contributed by atoms with E-state index in [9.17, 15) is 14.3 Å². The van der Waals surface area contributed by atoms with E-state index in [4.69, 9.17) is 0 Å². The van der Waals surface area contributed by atoms with Gasteiger partial charge in [-0.15, -0.1) is 0 Å². The lowest BCUT2D eigenvalue weighted by molar-refractivity contribution is -0.384. The van der Waals surface area contributed by atoms with Crippen molar-refractivity contribution in [3.8, 4) is 0 Å². The van der Waals surface area contributed by atoms with Gasteiger partial charge in [-0.05, 0) is 28.4 Å². The highest BCUT2D eigenvalue weighted by molar-refractivity contribution is 9.10. The van der Waals surface area contributed by atoms with Crippen molar-refractivity contribution in [3.63, 3.8) is 0 Å². The predicted octanol–water partition coefficient (Wildman–Crippen LogP) is 2.86. The van der Waals surface area contributed by atoms with Crippen LogP contribution in [0.5, 0.6) is 0 Å². The van der Waals surface area contributed by atoms with Crippen LogP contribution in [0.25, 0.3) is 0 Å². The van der Waals surface area contributed by atoms with Gasteiger partial charge in [0.15, 0.2) is 0 Å². The van der Waals surface area contributed by atoms with Crippen LogP contribution in [0.1, 0.15) is 6.42 Å². The zero-order valence-corrected chi connectivity index (χ0v) is 10.7. The molecule has 1 aromatic rings. The third kappa shape index (κ3) is 2.25.